The van der Waals surface area contributed by atoms with Crippen molar-refractivity contribution in [2.24, 2.45) is 0 Å². The Morgan fingerprint density at radius 3 is 0.722 bits per heavy atom. The van der Waals surface area contributed by atoms with E-state index in [4.69, 9.17) is 58.8 Å². The summed E-state index contributed by atoms with van der Waals surface area (Å²) in [5.41, 5.74) is 0. The summed E-state index contributed by atoms with van der Waals surface area (Å²) in [7, 11) is -4.64. The van der Waals surface area contributed by atoms with Gasteiger partial charge in [0.05, 0.1) is 0 Å². The van der Waals surface area contributed by atoms with Crippen molar-refractivity contribution in [2.75, 3.05) is 0 Å². The monoisotopic (exact) mass is 302 g/mol. The van der Waals surface area contributed by atoms with Crippen molar-refractivity contribution < 1.29 is 89.8 Å². The molecule has 0 amide bonds. The van der Waals surface area contributed by atoms with E-state index < -0.39 is 31.7 Å². The Morgan fingerprint density at radius 2 is 0.722 bits per heavy atom. The van der Waals surface area contributed by atoms with E-state index in [1.54, 1.807) is 0 Å². The van der Waals surface area contributed by atoms with Crippen LogP contribution in [0.5, 0.6) is 0 Å². The molecule has 0 aromatic rings. The van der Waals surface area contributed by atoms with E-state index in [1.807, 2.05) is 0 Å². The zero-order valence-corrected chi connectivity index (χ0v) is 11.5. The van der Waals surface area contributed by atoms with Gasteiger partial charge in [0.15, 0.2) is 0 Å². The summed E-state index contributed by atoms with van der Waals surface area (Å²) in [6.07, 6.45) is 0. The number of phosphoric acid groups is 1. The molecular formula is C4H8NaO12P. The molecule has 0 atom stereocenters. The topological polar surface area (TPSA) is 227 Å². The molecule has 12 nitrogen and oxygen atoms in total. The fraction of sp³-hybridized carbons (Fsp3) is 0. The third kappa shape index (κ3) is 60.0. The second-order valence-corrected chi connectivity index (χ2v) is 2.76. The summed E-state index contributed by atoms with van der Waals surface area (Å²) < 4.78 is 8.88. The molecular weight excluding hydrogens is 294 g/mol. The second kappa shape index (κ2) is 12.4. The molecule has 0 aliphatic carbocycles. The van der Waals surface area contributed by atoms with Crippen LogP contribution in [0.2, 0.25) is 0 Å². The molecule has 0 heterocycles. The second-order valence-electron chi connectivity index (χ2n) is 1.73. The molecule has 0 saturated carbocycles. The molecule has 14 heteroatoms. The van der Waals surface area contributed by atoms with Gasteiger partial charge in [-0.3, -0.25) is 0 Å². The molecule has 7 N–H and O–H groups in total. The van der Waals surface area contributed by atoms with Gasteiger partial charge in [-0.05, 0) is 0 Å². The number of carboxylic acid groups (broad SMARTS) is 4. The first-order valence-electron chi connectivity index (χ1n) is 2.99. The first-order chi connectivity index (χ1) is 7.29. The quantitative estimate of drug-likeness (QED) is 0.126. The van der Waals surface area contributed by atoms with Gasteiger partial charge in [0.2, 0.25) is 0 Å². The molecule has 0 fully saturated rings. The van der Waals surface area contributed by atoms with Gasteiger partial charge in [0, 0.05) is 0 Å². The molecule has 0 rings (SSSR count). The Hall–Kier alpha value is -1.01. The largest absolute Gasteiger partial charge is 1.00 e. The molecule has 0 aromatic carbocycles. The summed E-state index contributed by atoms with van der Waals surface area (Å²) in [4.78, 5) is 58.0. The van der Waals surface area contributed by atoms with Gasteiger partial charge in [-0.1, -0.05) is 0 Å². The van der Waals surface area contributed by atoms with Crippen LogP contribution in [0.3, 0.4) is 0 Å². The maximum Gasteiger partial charge on any atom is 1.00 e. The van der Waals surface area contributed by atoms with Gasteiger partial charge >= 0.3 is 61.3 Å². The normalized spacial score (nSPS) is 8.17. The maximum absolute atomic E-state index is 9.10. The minimum atomic E-state index is -4.64. The molecule has 0 aromatic heterocycles. The van der Waals surface area contributed by atoms with Gasteiger partial charge in [-0.2, -0.15) is 0 Å². The fourth-order valence-corrected chi connectivity index (χ4v) is 0. The number of hydrogen-bond acceptors (Lipinski definition) is 5. The molecule has 0 aliphatic heterocycles. The Balaban J connectivity index is -0.0000000492. The zero-order chi connectivity index (χ0) is 14.8. The number of aliphatic carboxylic acids is 4. The smallest absolute Gasteiger partial charge is 1.00 e. The van der Waals surface area contributed by atoms with Crippen molar-refractivity contribution in [3.8, 4) is 0 Å². The third-order valence-corrected chi connectivity index (χ3v) is 0.366. The van der Waals surface area contributed by atoms with E-state index in [1.165, 1.54) is 0 Å². The summed E-state index contributed by atoms with van der Waals surface area (Å²) in [5.74, 6) is -7.30. The van der Waals surface area contributed by atoms with Crippen LogP contribution < -0.4 is 29.6 Å². The van der Waals surface area contributed by atoms with E-state index in [0.717, 1.165) is 0 Å². The van der Waals surface area contributed by atoms with Gasteiger partial charge < -0.3 is 36.5 Å². The summed E-state index contributed by atoms with van der Waals surface area (Å²) in [5, 5.41) is 29.6. The Morgan fingerprint density at radius 1 is 0.667 bits per heavy atom. The van der Waals surface area contributed by atoms with Crippen molar-refractivity contribution in [3.63, 3.8) is 0 Å². The third-order valence-electron chi connectivity index (χ3n) is 0.366. The minimum Gasteiger partial charge on any atom is -1.00 e. The van der Waals surface area contributed by atoms with E-state index in [9.17, 15) is 0 Å². The van der Waals surface area contributed by atoms with Gasteiger partial charge in [-0.25, -0.2) is 23.7 Å². The number of carbonyl (C=O) groups is 4. The first-order valence-corrected chi connectivity index (χ1v) is 4.56. The van der Waals surface area contributed by atoms with E-state index >= 15 is 0 Å². The number of rotatable bonds is 0. The SMILES string of the molecule is O=C(O)C(=O)O.O=C(O)C(=O)O.O=P(O)(O)O.[H-].[Na+]. The van der Waals surface area contributed by atoms with Crippen LogP contribution in [-0.4, -0.2) is 59.0 Å². The van der Waals surface area contributed by atoms with Crippen molar-refractivity contribution in [2.45, 2.75) is 0 Å². The summed E-state index contributed by atoms with van der Waals surface area (Å²) >= 11 is 0. The molecule has 0 spiro atoms. The standard InChI is InChI=1S/2C2H2O4.Na.H3O4P.H/c2*3-1(4)2(5)6;;1-5(2,3)4;/h2*(H,3,4)(H,5,6);;(H3,1,2,3,4);/q;;+1;;-1. The van der Waals surface area contributed by atoms with Crippen LogP contribution in [0, 0.1) is 0 Å². The molecule has 0 aliphatic rings. The molecule has 0 saturated heterocycles. The van der Waals surface area contributed by atoms with Gasteiger partial charge in [-0.15, -0.1) is 0 Å². The van der Waals surface area contributed by atoms with Gasteiger partial charge in [0.25, 0.3) is 0 Å². The molecule has 102 valence electrons. The molecule has 0 radical (unpaired) electrons. The van der Waals surface area contributed by atoms with Crippen LogP contribution in [0.1, 0.15) is 1.43 Å². The number of carboxylic acids is 4. The zero-order valence-electron chi connectivity index (χ0n) is 9.62. The van der Waals surface area contributed by atoms with Crippen LogP contribution >= 0.6 is 7.82 Å². The van der Waals surface area contributed by atoms with Gasteiger partial charge in [0.1, 0.15) is 0 Å². The summed E-state index contributed by atoms with van der Waals surface area (Å²) in [6, 6.07) is 0. The Bertz CT molecular complexity index is 291. The van der Waals surface area contributed by atoms with Crippen LogP contribution in [0.15, 0.2) is 0 Å². The fourth-order valence-electron chi connectivity index (χ4n) is 0. The average Bonchev–Trinajstić information content (AvgIpc) is 2.01. The average molecular weight is 302 g/mol. The molecule has 0 unspecified atom stereocenters. The van der Waals surface area contributed by atoms with Crippen LogP contribution in [-0.2, 0) is 23.7 Å². The van der Waals surface area contributed by atoms with Crippen molar-refractivity contribution in [3.05, 3.63) is 0 Å². The predicted octanol–water partition coefficient (Wildman–Crippen LogP) is -5.50. The Labute approximate surface area is 121 Å². The van der Waals surface area contributed by atoms with Crippen molar-refractivity contribution in [1.29, 1.82) is 0 Å². The van der Waals surface area contributed by atoms with Crippen molar-refractivity contribution in [1.82, 2.24) is 0 Å². The maximum atomic E-state index is 9.10. The van der Waals surface area contributed by atoms with E-state index in [2.05, 4.69) is 0 Å². The Kier molecular flexibility index (Phi) is 17.8. The first kappa shape index (κ1) is 25.7. The van der Waals surface area contributed by atoms with E-state index in [0.29, 0.717) is 0 Å². The van der Waals surface area contributed by atoms with Crippen molar-refractivity contribution >= 4 is 31.7 Å². The number of hydrogen-bond donors (Lipinski definition) is 7. The summed E-state index contributed by atoms with van der Waals surface area (Å²) in [6.45, 7) is 0. The molecule has 0 bridgehead atoms. The predicted molar refractivity (Wildman–Crippen MR) is 45.9 cm³/mol. The van der Waals surface area contributed by atoms with Crippen LogP contribution in [0.25, 0.3) is 0 Å². The van der Waals surface area contributed by atoms with Crippen LogP contribution in [0.4, 0.5) is 0 Å². The molecule has 18 heavy (non-hydrogen) atoms. The minimum absolute atomic E-state index is 0. The van der Waals surface area contributed by atoms with E-state index in [-0.39, 0.29) is 31.0 Å².